The number of nitrogens with zero attached hydrogens (tertiary/aromatic N) is 1. The van der Waals surface area contributed by atoms with Crippen molar-refractivity contribution >= 4 is 17.9 Å². The van der Waals surface area contributed by atoms with E-state index in [2.05, 4.69) is 4.99 Å². The van der Waals surface area contributed by atoms with Crippen molar-refractivity contribution in [3.63, 3.8) is 0 Å². The molecule has 2 aliphatic rings. The maximum atomic E-state index is 12.2. The zero-order valence-electron chi connectivity index (χ0n) is 14.1. The van der Waals surface area contributed by atoms with Crippen molar-refractivity contribution in [2.75, 3.05) is 21.0 Å². The predicted molar refractivity (Wildman–Crippen MR) is 92.7 cm³/mol. The van der Waals surface area contributed by atoms with Gasteiger partial charge in [0.15, 0.2) is 17.2 Å². The first kappa shape index (κ1) is 16.0. The van der Waals surface area contributed by atoms with Gasteiger partial charge in [-0.25, -0.2) is 9.79 Å². The zero-order chi connectivity index (χ0) is 18.1. The number of fused-ring (bicyclic) bond motifs is 1. The summed E-state index contributed by atoms with van der Waals surface area (Å²) >= 11 is 0. The van der Waals surface area contributed by atoms with Gasteiger partial charge in [0.05, 0.1) is 14.2 Å². The number of carbonyl (C=O) groups is 1. The summed E-state index contributed by atoms with van der Waals surface area (Å²) in [4.78, 5) is 16.5. The van der Waals surface area contributed by atoms with Crippen LogP contribution in [0.25, 0.3) is 6.08 Å². The Morgan fingerprint density at radius 2 is 1.85 bits per heavy atom. The average Bonchev–Trinajstić information content (AvgIpc) is 3.29. The van der Waals surface area contributed by atoms with Gasteiger partial charge in [-0.1, -0.05) is 18.2 Å². The van der Waals surface area contributed by atoms with E-state index in [-0.39, 0.29) is 18.4 Å². The summed E-state index contributed by atoms with van der Waals surface area (Å²) in [5.74, 6) is 1.52. The minimum Gasteiger partial charge on any atom is -0.493 e. The zero-order valence-corrected chi connectivity index (χ0v) is 14.1. The van der Waals surface area contributed by atoms with E-state index in [1.165, 1.54) is 14.2 Å². The van der Waals surface area contributed by atoms with Crippen LogP contribution in [0.2, 0.25) is 0 Å². The molecule has 0 saturated heterocycles. The summed E-state index contributed by atoms with van der Waals surface area (Å²) in [6.07, 6.45) is 1.57. The molecule has 0 bridgehead atoms. The lowest BCUT2D eigenvalue weighted by atomic mass is 10.1. The Bertz CT molecular complexity index is 933. The minimum atomic E-state index is -0.539. The van der Waals surface area contributed by atoms with Gasteiger partial charge in [0.2, 0.25) is 24.2 Å². The maximum absolute atomic E-state index is 12.2. The van der Waals surface area contributed by atoms with E-state index in [1.807, 2.05) is 30.3 Å². The molecule has 2 aromatic carbocycles. The molecule has 0 spiro atoms. The Morgan fingerprint density at radius 1 is 1.08 bits per heavy atom. The Balaban J connectivity index is 1.79. The molecule has 4 rings (SSSR count). The number of benzene rings is 2. The smallest absolute Gasteiger partial charge is 0.363 e. The average molecular weight is 353 g/mol. The van der Waals surface area contributed by atoms with Crippen LogP contribution in [0, 0.1) is 0 Å². The third-order valence-corrected chi connectivity index (χ3v) is 3.95. The van der Waals surface area contributed by atoms with Crippen molar-refractivity contribution in [1.29, 1.82) is 0 Å². The first-order chi connectivity index (χ1) is 12.7. The Morgan fingerprint density at radius 3 is 2.58 bits per heavy atom. The van der Waals surface area contributed by atoms with Crippen molar-refractivity contribution in [3.05, 3.63) is 53.2 Å². The molecule has 0 N–H and O–H groups in total. The van der Waals surface area contributed by atoms with Gasteiger partial charge in [-0.3, -0.25) is 0 Å². The lowest BCUT2D eigenvalue weighted by Gasteiger charge is -2.11. The van der Waals surface area contributed by atoms with Crippen LogP contribution < -0.4 is 18.9 Å². The topological polar surface area (TPSA) is 75.6 Å². The van der Waals surface area contributed by atoms with E-state index in [0.29, 0.717) is 28.6 Å². The third kappa shape index (κ3) is 2.63. The van der Waals surface area contributed by atoms with Crippen LogP contribution in [0.3, 0.4) is 0 Å². The highest BCUT2D eigenvalue weighted by atomic mass is 16.7. The van der Waals surface area contributed by atoms with Crippen LogP contribution >= 0.6 is 0 Å². The lowest BCUT2D eigenvalue weighted by molar-refractivity contribution is -0.129. The molecule has 0 saturated carbocycles. The molecule has 7 heteroatoms. The Labute approximate surface area is 149 Å². The number of cyclic esters (lactones) is 1. The van der Waals surface area contributed by atoms with E-state index in [9.17, 15) is 4.79 Å². The molecule has 132 valence electrons. The van der Waals surface area contributed by atoms with Crippen molar-refractivity contribution in [2.24, 2.45) is 4.99 Å². The first-order valence-electron chi connectivity index (χ1n) is 7.84. The van der Waals surface area contributed by atoms with Gasteiger partial charge >= 0.3 is 5.97 Å². The molecule has 0 unspecified atom stereocenters. The molecule has 0 atom stereocenters. The van der Waals surface area contributed by atoms with Crippen molar-refractivity contribution in [2.45, 2.75) is 0 Å². The monoisotopic (exact) mass is 353 g/mol. The van der Waals surface area contributed by atoms with Gasteiger partial charge in [0.25, 0.3) is 0 Å². The number of esters is 1. The molecular weight excluding hydrogens is 338 g/mol. The number of rotatable bonds is 4. The molecule has 7 nitrogen and oxygen atoms in total. The highest BCUT2D eigenvalue weighted by molar-refractivity contribution is 6.13. The van der Waals surface area contributed by atoms with E-state index in [0.717, 1.165) is 5.56 Å². The standard InChI is InChI=1S/C19H15NO6/c1-22-14-9-12(15(23-2)17-16(14)24-10-25-17)8-13-19(21)26-18(20-13)11-6-4-3-5-7-11/h3-9H,10H2,1-2H3/b13-8-. The lowest BCUT2D eigenvalue weighted by Crippen LogP contribution is -2.05. The molecule has 26 heavy (non-hydrogen) atoms. The number of hydrogen-bond acceptors (Lipinski definition) is 7. The van der Waals surface area contributed by atoms with Crippen molar-refractivity contribution in [1.82, 2.24) is 0 Å². The molecule has 2 heterocycles. The van der Waals surface area contributed by atoms with E-state index in [4.69, 9.17) is 23.7 Å². The summed E-state index contributed by atoms with van der Waals surface area (Å²) in [7, 11) is 3.04. The van der Waals surface area contributed by atoms with Gasteiger partial charge in [-0.05, 0) is 24.3 Å². The van der Waals surface area contributed by atoms with Crippen molar-refractivity contribution in [3.8, 4) is 23.0 Å². The van der Waals surface area contributed by atoms with Crippen LogP contribution in [0.15, 0.2) is 47.1 Å². The molecule has 0 fully saturated rings. The summed E-state index contributed by atoms with van der Waals surface area (Å²) in [5, 5.41) is 0. The van der Waals surface area contributed by atoms with Crippen LogP contribution in [-0.4, -0.2) is 32.9 Å². The van der Waals surface area contributed by atoms with Crippen LogP contribution in [0.1, 0.15) is 11.1 Å². The number of carbonyl (C=O) groups excluding carboxylic acids is 1. The molecule has 0 aliphatic carbocycles. The fourth-order valence-corrected chi connectivity index (χ4v) is 2.76. The van der Waals surface area contributed by atoms with E-state index >= 15 is 0 Å². The summed E-state index contributed by atoms with van der Waals surface area (Å²) in [6, 6.07) is 10.9. The third-order valence-electron chi connectivity index (χ3n) is 3.95. The SMILES string of the molecule is COc1cc(/C=C2\N=C(c3ccccc3)OC2=O)c(OC)c2c1OCO2. The van der Waals surface area contributed by atoms with Crippen molar-refractivity contribution < 1.29 is 28.5 Å². The predicted octanol–water partition coefficient (Wildman–Crippen LogP) is 2.78. The summed E-state index contributed by atoms with van der Waals surface area (Å²) < 4.78 is 26.9. The van der Waals surface area contributed by atoms with E-state index in [1.54, 1.807) is 12.1 Å². The first-order valence-corrected chi connectivity index (χ1v) is 7.84. The normalized spacial score (nSPS) is 16.5. The molecule has 0 amide bonds. The summed E-state index contributed by atoms with van der Waals surface area (Å²) in [5.41, 5.74) is 1.45. The molecule has 2 aromatic rings. The van der Waals surface area contributed by atoms with Gasteiger partial charge < -0.3 is 23.7 Å². The second kappa shape index (κ2) is 6.44. The number of ether oxygens (including phenoxy) is 5. The number of hydrogen-bond donors (Lipinski definition) is 0. The molecular formula is C19H15NO6. The molecule has 0 aromatic heterocycles. The van der Waals surface area contributed by atoms with Gasteiger partial charge in [0.1, 0.15) is 0 Å². The van der Waals surface area contributed by atoms with E-state index < -0.39 is 5.97 Å². The highest BCUT2D eigenvalue weighted by Crippen LogP contribution is 2.50. The number of methoxy groups -OCH3 is 2. The minimum absolute atomic E-state index is 0.0699. The Kier molecular flexibility index (Phi) is 3.96. The highest BCUT2D eigenvalue weighted by Gasteiger charge is 2.29. The molecule has 0 radical (unpaired) electrons. The maximum Gasteiger partial charge on any atom is 0.363 e. The summed E-state index contributed by atoms with van der Waals surface area (Å²) in [6.45, 7) is 0.0699. The van der Waals surface area contributed by atoms with Gasteiger partial charge in [-0.15, -0.1) is 0 Å². The Hall–Kier alpha value is -3.48. The fourth-order valence-electron chi connectivity index (χ4n) is 2.76. The molecule has 2 aliphatic heterocycles. The quantitative estimate of drug-likeness (QED) is 0.621. The van der Waals surface area contributed by atoms with Crippen LogP contribution in [0.5, 0.6) is 23.0 Å². The second-order valence-corrected chi connectivity index (χ2v) is 5.47. The second-order valence-electron chi connectivity index (χ2n) is 5.47. The largest absolute Gasteiger partial charge is 0.493 e. The van der Waals surface area contributed by atoms with Crippen LogP contribution in [-0.2, 0) is 9.53 Å². The number of aliphatic imine (C=N–C) groups is 1. The van der Waals surface area contributed by atoms with Crippen LogP contribution in [0.4, 0.5) is 0 Å². The van der Waals surface area contributed by atoms with Gasteiger partial charge in [-0.2, -0.15) is 0 Å². The fraction of sp³-hybridized carbons (Fsp3) is 0.158. The van der Waals surface area contributed by atoms with Gasteiger partial charge in [0, 0.05) is 11.1 Å².